The molecule has 2 rings (SSSR count). The number of azide groups is 1. The molecule has 0 spiro atoms. The summed E-state index contributed by atoms with van der Waals surface area (Å²) in [5.74, 6) is -0.389. The molecule has 0 N–H and O–H groups in total. The van der Waals surface area contributed by atoms with Crippen molar-refractivity contribution in [1.82, 2.24) is 4.90 Å². The van der Waals surface area contributed by atoms with Crippen LogP contribution in [0.4, 0.5) is 0 Å². The van der Waals surface area contributed by atoms with Gasteiger partial charge in [-0.1, -0.05) is 30.1 Å². The quantitative estimate of drug-likeness (QED) is 0.251. The molecule has 0 aliphatic carbocycles. The summed E-state index contributed by atoms with van der Waals surface area (Å²) in [5.41, 5.74) is 9.13. The first kappa shape index (κ1) is 14.1. The van der Waals surface area contributed by atoms with Gasteiger partial charge in [-0.05, 0) is 30.5 Å². The molecule has 0 atom stereocenters. The van der Waals surface area contributed by atoms with E-state index in [2.05, 4.69) is 10.0 Å². The standard InChI is InChI=1S/C14H16N4O2/c15-17-16-9-5-1-2-6-10-18-13(19)11-7-3-4-8-12(11)14(18)20/h3-4,7-8H,1-2,5-6,9-10H2. The maximum atomic E-state index is 12.1. The molecule has 0 saturated carbocycles. The van der Waals surface area contributed by atoms with Crippen molar-refractivity contribution >= 4 is 11.8 Å². The van der Waals surface area contributed by atoms with E-state index in [9.17, 15) is 9.59 Å². The summed E-state index contributed by atoms with van der Waals surface area (Å²) in [6.07, 6.45) is 3.46. The highest BCUT2D eigenvalue weighted by Crippen LogP contribution is 2.22. The fourth-order valence-electron chi connectivity index (χ4n) is 2.29. The highest BCUT2D eigenvalue weighted by Gasteiger charge is 2.34. The summed E-state index contributed by atoms with van der Waals surface area (Å²) in [6, 6.07) is 6.91. The second kappa shape index (κ2) is 6.73. The number of unbranched alkanes of at least 4 members (excludes halogenated alkanes) is 3. The molecular weight excluding hydrogens is 256 g/mol. The number of rotatable bonds is 7. The third kappa shape index (κ3) is 2.97. The summed E-state index contributed by atoms with van der Waals surface area (Å²) in [6.45, 7) is 0.956. The fraction of sp³-hybridized carbons (Fsp3) is 0.429. The van der Waals surface area contributed by atoms with E-state index in [0.29, 0.717) is 24.2 Å². The van der Waals surface area contributed by atoms with Crippen molar-refractivity contribution < 1.29 is 9.59 Å². The van der Waals surface area contributed by atoms with Crippen molar-refractivity contribution in [2.24, 2.45) is 5.11 Å². The predicted octanol–water partition coefficient (Wildman–Crippen LogP) is 3.15. The molecule has 0 radical (unpaired) electrons. The number of amides is 2. The molecule has 1 heterocycles. The van der Waals surface area contributed by atoms with Crippen LogP contribution < -0.4 is 0 Å². The average Bonchev–Trinajstić information content (AvgIpc) is 2.71. The van der Waals surface area contributed by atoms with Crippen molar-refractivity contribution in [3.05, 3.63) is 45.8 Å². The average molecular weight is 272 g/mol. The Hall–Kier alpha value is -2.33. The summed E-state index contributed by atoms with van der Waals surface area (Å²) < 4.78 is 0. The van der Waals surface area contributed by atoms with E-state index >= 15 is 0 Å². The second-order valence-corrected chi connectivity index (χ2v) is 4.68. The van der Waals surface area contributed by atoms with E-state index in [4.69, 9.17) is 5.53 Å². The van der Waals surface area contributed by atoms with Gasteiger partial charge in [0.15, 0.2) is 0 Å². The Kier molecular flexibility index (Phi) is 4.74. The zero-order chi connectivity index (χ0) is 14.4. The van der Waals surface area contributed by atoms with Gasteiger partial charge in [-0.3, -0.25) is 14.5 Å². The van der Waals surface area contributed by atoms with E-state index in [-0.39, 0.29) is 11.8 Å². The van der Waals surface area contributed by atoms with Gasteiger partial charge in [0, 0.05) is 18.0 Å². The number of nitrogens with zero attached hydrogens (tertiary/aromatic N) is 4. The van der Waals surface area contributed by atoms with Gasteiger partial charge in [-0.2, -0.15) is 0 Å². The van der Waals surface area contributed by atoms with Crippen molar-refractivity contribution in [2.75, 3.05) is 13.1 Å². The molecule has 2 amide bonds. The fourth-order valence-corrected chi connectivity index (χ4v) is 2.29. The molecule has 1 aromatic rings. The summed E-state index contributed by atoms with van der Waals surface area (Å²) in [7, 11) is 0. The third-order valence-corrected chi connectivity index (χ3v) is 3.33. The lowest BCUT2D eigenvalue weighted by atomic mass is 10.1. The zero-order valence-electron chi connectivity index (χ0n) is 11.2. The van der Waals surface area contributed by atoms with Crippen LogP contribution in [-0.4, -0.2) is 29.8 Å². The molecule has 1 aromatic carbocycles. The molecule has 0 saturated heterocycles. The van der Waals surface area contributed by atoms with E-state index in [1.807, 2.05) is 0 Å². The normalized spacial score (nSPS) is 13.3. The summed E-state index contributed by atoms with van der Waals surface area (Å²) in [4.78, 5) is 28.1. The monoisotopic (exact) mass is 272 g/mol. The third-order valence-electron chi connectivity index (χ3n) is 3.33. The number of carbonyl (C=O) groups is 2. The van der Waals surface area contributed by atoms with Gasteiger partial charge in [-0.25, -0.2) is 0 Å². The van der Waals surface area contributed by atoms with Crippen LogP contribution in [0.3, 0.4) is 0 Å². The Bertz CT molecular complexity index is 529. The minimum Gasteiger partial charge on any atom is -0.274 e. The maximum Gasteiger partial charge on any atom is 0.261 e. The summed E-state index contributed by atoms with van der Waals surface area (Å²) in [5, 5.41) is 3.46. The van der Waals surface area contributed by atoms with Crippen LogP contribution in [0.1, 0.15) is 46.4 Å². The summed E-state index contributed by atoms with van der Waals surface area (Å²) >= 11 is 0. The SMILES string of the molecule is [N-]=[N+]=NCCCCCCN1C(=O)c2ccccc2C1=O. The Morgan fingerprint density at radius 3 is 2.20 bits per heavy atom. The highest BCUT2D eigenvalue weighted by atomic mass is 16.2. The molecule has 0 unspecified atom stereocenters. The molecule has 104 valence electrons. The van der Waals surface area contributed by atoms with Crippen LogP contribution in [0.15, 0.2) is 29.4 Å². The first-order valence-corrected chi connectivity index (χ1v) is 6.72. The van der Waals surface area contributed by atoms with Crippen molar-refractivity contribution in [1.29, 1.82) is 0 Å². The van der Waals surface area contributed by atoms with Crippen LogP contribution >= 0.6 is 0 Å². The molecule has 0 fully saturated rings. The van der Waals surface area contributed by atoms with Crippen molar-refractivity contribution in [2.45, 2.75) is 25.7 Å². The van der Waals surface area contributed by atoms with Gasteiger partial charge in [0.05, 0.1) is 11.1 Å². The molecule has 0 aromatic heterocycles. The molecule has 6 heteroatoms. The van der Waals surface area contributed by atoms with E-state index < -0.39 is 0 Å². The number of benzene rings is 1. The lowest BCUT2D eigenvalue weighted by Crippen LogP contribution is -2.30. The molecule has 20 heavy (non-hydrogen) atoms. The Morgan fingerprint density at radius 2 is 1.60 bits per heavy atom. The Labute approximate surface area is 117 Å². The maximum absolute atomic E-state index is 12.1. The molecule has 0 bridgehead atoms. The van der Waals surface area contributed by atoms with E-state index in [1.54, 1.807) is 24.3 Å². The molecule has 1 aliphatic heterocycles. The lowest BCUT2D eigenvalue weighted by Gasteiger charge is -2.13. The van der Waals surface area contributed by atoms with Gasteiger partial charge in [0.2, 0.25) is 0 Å². The zero-order valence-corrected chi connectivity index (χ0v) is 11.2. The van der Waals surface area contributed by atoms with Gasteiger partial charge in [0.25, 0.3) is 11.8 Å². The van der Waals surface area contributed by atoms with E-state index in [0.717, 1.165) is 25.7 Å². The lowest BCUT2D eigenvalue weighted by molar-refractivity contribution is 0.0651. The van der Waals surface area contributed by atoms with Crippen LogP contribution in [-0.2, 0) is 0 Å². The predicted molar refractivity (Wildman–Crippen MR) is 74.3 cm³/mol. The van der Waals surface area contributed by atoms with Gasteiger partial charge >= 0.3 is 0 Å². The van der Waals surface area contributed by atoms with Crippen LogP contribution in [0, 0.1) is 0 Å². The van der Waals surface area contributed by atoms with Crippen molar-refractivity contribution in [3.8, 4) is 0 Å². The minimum absolute atomic E-state index is 0.195. The highest BCUT2D eigenvalue weighted by molar-refractivity contribution is 6.21. The van der Waals surface area contributed by atoms with Crippen molar-refractivity contribution in [3.63, 3.8) is 0 Å². The number of hydrogen-bond donors (Lipinski definition) is 0. The first-order valence-electron chi connectivity index (χ1n) is 6.72. The van der Waals surface area contributed by atoms with Crippen LogP contribution in [0.5, 0.6) is 0 Å². The van der Waals surface area contributed by atoms with E-state index in [1.165, 1.54) is 4.90 Å². The van der Waals surface area contributed by atoms with Gasteiger partial charge in [0.1, 0.15) is 0 Å². The smallest absolute Gasteiger partial charge is 0.261 e. The number of imide groups is 1. The number of hydrogen-bond acceptors (Lipinski definition) is 3. The topological polar surface area (TPSA) is 86.1 Å². The number of fused-ring (bicyclic) bond motifs is 1. The van der Waals surface area contributed by atoms with Gasteiger partial charge in [-0.15, -0.1) is 0 Å². The van der Waals surface area contributed by atoms with Crippen LogP contribution in [0.2, 0.25) is 0 Å². The molecule has 6 nitrogen and oxygen atoms in total. The second-order valence-electron chi connectivity index (χ2n) is 4.68. The molecular formula is C14H16N4O2. The first-order chi connectivity index (χ1) is 9.75. The minimum atomic E-state index is -0.195. The van der Waals surface area contributed by atoms with Gasteiger partial charge < -0.3 is 0 Å². The largest absolute Gasteiger partial charge is 0.274 e. The Morgan fingerprint density at radius 1 is 1.00 bits per heavy atom. The molecule has 1 aliphatic rings. The van der Waals surface area contributed by atoms with Crippen LogP contribution in [0.25, 0.3) is 10.4 Å². The Balaban J connectivity index is 1.79. The number of carbonyl (C=O) groups excluding carboxylic acids is 2.